The highest BCUT2D eigenvalue weighted by atomic mass is 16.6. The third-order valence-electron chi connectivity index (χ3n) is 2.47. The van der Waals surface area contributed by atoms with E-state index in [9.17, 15) is 24.3 Å². The van der Waals surface area contributed by atoms with E-state index in [0.29, 0.717) is 0 Å². The highest BCUT2D eigenvalue weighted by molar-refractivity contribution is 5.85. The molecule has 23 heavy (non-hydrogen) atoms. The largest absolute Gasteiger partial charge is 0.463 e. The number of esters is 4. The van der Waals surface area contributed by atoms with Gasteiger partial charge in [-0.1, -0.05) is 0 Å². The molecule has 0 rings (SSSR count). The number of ether oxygens (including phenoxy) is 4. The molecular formula is C14H22O9. The molecule has 0 heterocycles. The quantitative estimate of drug-likeness (QED) is 0.448. The SMILES string of the molecule is CCOC(=O)C(C)OC(=O)CC(O)C(=O)OC(C)C(=O)OCC. The van der Waals surface area contributed by atoms with Crippen LogP contribution in [0.15, 0.2) is 0 Å². The Bertz CT molecular complexity index is 432. The smallest absolute Gasteiger partial charge is 0.347 e. The zero-order valence-electron chi connectivity index (χ0n) is 13.6. The number of rotatable bonds is 9. The van der Waals surface area contributed by atoms with E-state index in [4.69, 9.17) is 4.74 Å². The van der Waals surface area contributed by atoms with Crippen molar-refractivity contribution in [3.8, 4) is 0 Å². The van der Waals surface area contributed by atoms with Gasteiger partial charge in [-0.2, -0.15) is 0 Å². The Morgan fingerprint density at radius 3 is 1.70 bits per heavy atom. The summed E-state index contributed by atoms with van der Waals surface area (Å²) in [5, 5.41) is 9.56. The molecule has 0 aromatic rings. The van der Waals surface area contributed by atoms with Gasteiger partial charge in [0.15, 0.2) is 18.3 Å². The van der Waals surface area contributed by atoms with Crippen LogP contribution in [0, 0.1) is 0 Å². The molecule has 0 aliphatic heterocycles. The van der Waals surface area contributed by atoms with Gasteiger partial charge in [-0.25, -0.2) is 14.4 Å². The van der Waals surface area contributed by atoms with Gasteiger partial charge in [-0.3, -0.25) is 4.79 Å². The summed E-state index contributed by atoms with van der Waals surface area (Å²) >= 11 is 0. The van der Waals surface area contributed by atoms with E-state index in [0.717, 1.165) is 0 Å². The van der Waals surface area contributed by atoms with Crippen LogP contribution in [-0.2, 0) is 38.1 Å². The van der Waals surface area contributed by atoms with Crippen LogP contribution in [0.4, 0.5) is 0 Å². The van der Waals surface area contributed by atoms with Gasteiger partial charge in [0.2, 0.25) is 0 Å². The zero-order chi connectivity index (χ0) is 18.0. The molecule has 0 amide bonds. The molecule has 0 fully saturated rings. The number of carbonyl (C=O) groups is 4. The molecule has 0 aromatic carbocycles. The van der Waals surface area contributed by atoms with Crippen molar-refractivity contribution in [1.29, 1.82) is 0 Å². The number of hydrogen-bond donors (Lipinski definition) is 1. The maximum absolute atomic E-state index is 11.5. The van der Waals surface area contributed by atoms with Crippen molar-refractivity contribution in [2.45, 2.75) is 52.4 Å². The van der Waals surface area contributed by atoms with Crippen molar-refractivity contribution in [1.82, 2.24) is 0 Å². The van der Waals surface area contributed by atoms with Gasteiger partial charge < -0.3 is 24.1 Å². The fourth-order valence-corrected chi connectivity index (χ4v) is 1.35. The number of aliphatic hydroxyl groups is 1. The third-order valence-corrected chi connectivity index (χ3v) is 2.47. The van der Waals surface area contributed by atoms with Gasteiger partial charge in [-0.05, 0) is 27.7 Å². The topological polar surface area (TPSA) is 125 Å². The zero-order valence-corrected chi connectivity index (χ0v) is 13.6. The lowest BCUT2D eigenvalue weighted by Gasteiger charge is -2.16. The molecule has 9 nitrogen and oxygen atoms in total. The molecular weight excluding hydrogens is 312 g/mol. The highest BCUT2D eigenvalue weighted by Gasteiger charge is 2.28. The molecule has 0 aromatic heterocycles. The molecule has 0 aliphatic rings. The molecule has 3 unspecified atom stereocenters. The fourth-order valence-electron chi connectivity index (χ4n) is 1.35. The average molecular weight is 334 g/mol. The molecule has 1 N–H and O–H groups in total. The van der Waals surface area contributed by atoms with Crippen LogP contribution in [0.25, 0.3) is 0 Å². The van der Waals surface area contributed by atoms with Gasteiger partial charge in [0.25, 0.3) is 0 Å². The monoisotopic (exact) mass is 334 g/mol. The van der Waals surface area contributed by atoms with Gasteiger partial charge in [0.1, 0.15) is 0 Å². The van der Waals surface area contributed by atoms with E-state index in [2.05, 4.69) is 14.2 Å². The normalized spacial score (nSPS) is 14.1. The van der Waals surface area contributed by atoms with Gasteiger partial charge >= 0.3 is 23.9 Å². The molecule has 0 aliphatic carbocycles. The Balaban J connectivity index is 4.33. The van der Waals surface area contributed by atoms with E-state index in [1.807, 2.05) is 0 Å². The second-order valence-corrected chi connectivity index (χ2v) is 4.44. The fraction of sp³-hybridized carbons (Fsp3) is 0.714. The van der Waals surface area contributed by atoms with Crippen molar-refractivity contribution in [2.24, 2.45) is 0 Å². The van der Waals surface area contributed by atoms with Crippen LogP contribution in [-0.4, -0.2) is 60.5 Å². The van der Waals surface area contributed by atoms with Crippen LogP contribution in [0.2, 0.25) is 0 Å². The van der Waals surface area contributed by atoms with Crippen LogP contribution in [0.1, 0.15) is 34.1 Å². The van der Waals surface area contributed by atoms with E-state index in [1.165, 1.54) is 13.8 Å². The molecule has 0 bridgehead atoms. The lowest BCUT2D eigenvalue weighted by molar-refractivity contribution is -0.175. The maximum atomic E-state index is 11.5. The second kappa shape index (κ2) is 10.5. The first-order valence-electron chi connectivity index (χ1n) is 7.14. The summed E-state index contributed by atoms with van der Waals surface area (Å²) in [7, 11) is 0. The van der Waals surface area contributed by atoms with Crippen molar-refractivity contribution < 1.29 is 43.2 Å². The predicted octanol–water partition coefficient (Wildman–Crippen LogP) is -0.273. The minimum atomic E-state index is -1.83. The summed E-state index contributed by atoms with van der Waals surface area (Å²) in [6.45, 7) is 5.98. The summed E-state index contributed by atoms with van der Waals surface area (Å²) in [5.41, 5.74) is 0. The summed E-state index contributed by atoms with van der Waals surface area (Å²) in [5.74, 6) is -3.68. The molecule has 132 valence electrons. The number of aliphatic hydroxyl groups excluding tert-OH is 1. The second-order valence-electron chi connectivity index (χ2n) is 4.44. The Morgan fingerprint density at radius 2 is 1.26 bits per heavy atom. The lowest BCUT2D eigenvalue weighted by Crippen LogP contribution is -2.34. The van der Waals surface area contributed by atoms with Gasteiger partial charge in [0, 0.05) is 0 Å². The van der Waals surface area contributed by atoms with E-state index >= 15 is 0 Å². The minimum absolute atomic E-state index is 0.112. The molecule has 0 saturated carbocycles. The van der Waals surface area contributed by atoms with Crippen LogP contribution in [0.5, 0.6) is 0 Å². The molecule has 3 atom stereocenters. The summed E-state index contributed by atoms with van der Waals surface area (Å²) in [6, 6.07) is 0. The Labute approximate surface area is 133 Å². The first-order valence-corrected chi connectivity index (χ1v) is 7.14. The van der Waals surface area contributed by atoms with Crippen molar-refractivity contribution in [3.05, 3.63) is 0 Å². The third kappa shape index (κ3) is 8.15. The first-order chi connectivity index (χ1) is 10.7. The summed E-state index contributed by atoms with van der Waals surface area (Å²) < 4.78 is 18.6. The Morgan fingerprint density at radius 1 is 0.826 bits per heavy atom. The Kier molecular flexibility index (Phi) is 9.56. The van der Waals surface area contributed by atoms with E-state index in [-0.39, 0.29) is 13.2 Å². The van der Waals surface area contributed by atoms with Crippen LogP contribution in [0.3, 0.4) is 0 Å². The number of carbonyl (C=O) groups excluding carboxylic acids is 4. The maximum Gasteiger partial charge on any atom is 0.347 e. The Hall–Kier alpha value is -2.16. The first kappa shape index (κ1) is 20.8. The number of hydrogen-bond acceptors (Lipinski definition) is 9. The summed E-state index contributed by atoms with van der Waals surface area (Å²) in [4.78, 5) is 45.6. The van der Waals surface area contributed by atoms with Crippen molar-refractivity contribution >= 4 is 23.9 Å². The van der Waals surface area contributed by atoms with Crippen LogP contribution < -0.4 is 0 Å². The average Bonchev–Trinajstić information content (AvgIpc) is 2.47. The highest BCUT2D eigenvalue weighted by Crippen LogP contribution is 2.05. The summed E-state index contributed by atoms with van der Waals surface area (Å²) in [6.07, 6.45) is -4.93. The van der Waals surface area contributed by atoms with E-state index in [1.54, 1.807) is 13.8 Å². The van der Waals surface area contributed by atoms with E-state index < -0.39 is 48.6 Å². The molecule has 0 saturated heterocycles. The molecule has 0 radical (unpaired) electrons. The van der Waals surface area contributed by atoms with Gasteiger partial charge in [-0.15, -0.1) is 0 Å². The predicted molar refractivity (Wildman–Crippen MR) is 75.0 cm³/mol. The minimum Gasteiger partial charge on any atom is -0.463 e. The lowest BCUT2D eigenvalue weighted by atomic mass is 10.2. The standard InChI is InChI=1S/C14H22O9/c1-5-20-12(17)8(3)22-11(16)7-10(15)14(19)23-9(4)13(18)21-6-2/h8-10,15H,5-7H2,1-4H3. The van der Waals surface area contributed by atoms with Crippen molar-refractivity contribution in [3.63, 3.8) is 0 Å². The molecule has 0 spiro atoms. The van der Waals surface area contributed by atoms with Gasteiger partial charge in [0.05, 0.1) is 19.6 Å². The molecule has 9 heteroatoms. The van der Waals surface area contributed by atoms with Crippen LogP contribution >= 0.6 is 0 Å². The van der Waals surface area contributed by atoms with Crippen molar-refractivity contribution in [2.75, 3.05) is 13.2 Å².